The van der Waals surface area contributed by atoms with Crippen molar-refractivity contribution in [1.29, 1.82) is 0 Å². The first-order valence-electron chi connectivity index (χ1n) is 9.94. The summed E-state index contributed by atoms with van der Waals surface area (Å²) in [5, 5.41) is 7.32. The zero-order valence-corrected chi connectivity index (χ0v) is 17.8. The van der Waals surface area contributed by atoms with Gasteiger partial charge in [0.1, 0.15) is 23.6 Å². The highest BCUT2D eigenvalue weighted by atomic mass is 16.5. The lowest BCUT2D eigenvalue weighted by atomic mass is 10.2. The second-order valence-corrected chi connectivity index (χ2v) is 7.14. The van der Waals surface area contributed by atoms with E-state index in [-0.39, 0.29) is 6.03 Å². The lowest BCUT2D eigenvalue weighted by Gasteiger charge is -2.35. The molecule has 31 heavy (non-hydrogen) atoms. The molecule has 2 amide bonds. The van der Waals surface area contributed by atoms with Crippen molar-refractivity contribution >= 4 is 17.5 Å². The molecular weight excluding hydrogens is 398 g/mol. The van der Waals surface area contributed by atoms with Gasteiger partial charge in [0.05, 0.1) is 19.9 Å². The van der Waals surface area contributed by atoms with Crippen LogP contribution >= 0.6 is 0 Å². The number of amides is 2. The molecule has 1 aliphatic heterocycles. The summed E-state index contributed by atoms with van der Waals surface area (Å²) in [6, 6.07) is 8.95. The smallest absolute Gasteiger partial charge is 0.321 e. The molecule has 2 aromatic heterocycles. The van der Waals surface area contributed by atoms with Gasteiger partial charge in [-0.05, 0) is 13.0 Å². The number of methoxy groups -OCH3 is 2. The van der Waals surface area contributed by atoms with Crippen LogP contribution in [0.5, 0.6) is 11.5 Å². The molecule has 0 bridgehead atoms. The molecule has 0 aliphatic carbocycles. The van der Waals surface area contributed by atoms with Gasteiger partial charge in [0.25, 0.3) is 0 Å². The van der Waals surface area contributed by atoms with Gasteiger partial charge in [-0.3, -0.25) is 0 Å². The number of ether oxygens (including phenoxy) is 2. The Kier molecular flexibility index (Phi) is 5.87. The first kappa shape index (κ1) is 20.5. The molecule has 0 spiro atoms. The summed E-state index contributed by atoms with van der Waals surface area (Å²) in [7, 11) is 3.15. The molecule has 10 heteroatoms. The average Bonchev–Trinajstić information content (AvgIpc) is 3.25. The summed E-state index contributed by atoms with van der Waals surface area (Å²) in [6.45, 7) is 4.43. The number of hydrogen-bond donors (Lipinski definition) is 1. The number of aromatic nitrogens is 4. The number of nitrogens with zero attached hydrogens (tertiary/aromatic N) is 6. The van der Waals surface area contributed by atoms with Crippen LogP contribution in [0.25, 0.3) is 5.82 Å². The van der Waals surface area contributed by atoms with E-state index in [0.29, 0.717) is 49.2 Å². The molecule has 0 unspecified atom stereocenters. The predicted octanol–water partition coefficient (Wildman–Crippen LogP) is 2.34. The minimum Gasteiger partial charge on any atom is -0.497 e. The molecule has 1 aromatic carbocycles. The van der Waals surface area contributed by atoms with Crippen LogP contribution in [0.2, 0.25) is 0 Å². The highest BCUT2D eigenvalue weighted by Crippen LogP contribution is 2.26. The summed E-state index contributed by atoms with van der Waals surface area (Å²) < 4.78 is 12.2. The monoisotopic (exact) mass is 423 g/mol. The maximum atomic E-state index is 12.7. The Hall–Kier alpha value is -3.82. The lowest BCUT2D eigenvalue weighted by molar-refractivity contribution is 0.208. The summed E-state index contributed by atoms with van der Waals surface area (Å²) in [4.78, 5) is 25.3. The third-order valence-corrected chi connectivity index (χ3v) is 5.09. The highest BCUT2D eigenvalue weighted by molar-refractivity contribution is 5.90. The number of rotatable bonds is 5. The van der Waals surface area contributed by atoms with Crippen molar-refractivity contribution in [3.8, 4) is 17.3 Å². The van der Waals surface area contributed by atoms with Crippen molar-refractivity contribution in [1.82, 2.24) is 24.6 Å². The zero-order valence-electron chi connectivity index (χ0n) is 17.8. The van der Waals surface area contributed by atoms with Crippen molar-refractivity contribution in [3.05, 3.63) is 48.5 Å². The van der Waals surface area contributed by atoms with E-state index in [1.165, 1.54) is 6.33 Å². The summed E-state index contributed by atoms with van der Waals surface area (Å²) in [5.41, 5.74) is 1.55. The Bertz CT molecular complexity index is 1040. The Labute approximate surface area is 180 Å². The van der Waals surface area contributed by atoms with Gasteiger partial charge in [-0.25, -0.2) is 19.4 Å². The molecule has 0 saturated carbocycles. The Morgan fingerprint density at radius 3 is 2.26 bits per heavy atom. The maximum absolute atomic E-state index is 12.7. The molecule has 0 atom stereocenters. The van der Waals surface area contributed by atoms with E-state index >= 15 is 0 Å². The van der Waals surface area contributed by atoms with Crippen molar-refractivity contribution in [2.24, 2.45) is 0 Å². The minimum absolute atomic E-state index is 0.162. The van der Waals surface area contributed by atoms with Crippen molar-refractivity contribution < 1.29 is 14.3 Å². The number of anilines is 2. The number of carbonyl (C=O) groups excluding carboxylic acids is 1. The van der Waals surface area contributed by atoms with Crippen LogP contribution in [0.1, 0.15) is 5.69 Å². The quantitative estimate of drug-likeness (QED) is 0.673. The van der Waals surface area contributed by atoms with Gasteiger partial charge in [-0.2, -0.15) is 5.10 Å². The molecule has 162 valence electrons. The first-order valence-corrected chi connectivity index (χ1v) is 9.94. The molecule has 1 fully saturated rings. The van der Waals surface area contributed by atoms with Crippen LogP contribution in [0.3, 0.4) is 0 Å². The molecule has 1 aliphatic rings. The second-order valence-electron chi connectivity index (χ2n) is 7.14. The maximum Gasteiger partial charge on any atom is 0.321 e. The Balaban J connectivity index is 1.38. The predicted molar refractivity (Wildman–Crippen MR) is 116 cm³/mol. The molecule has 3 heterocycles. The fourth-order valence-corrected chi connectivity index (χ4v) is 3.40. The van der Waals surface area contributed by atoms with Crippen LogP contribution in [-0.2, 0) is 0 Å². The fraction of sp³-hybridized carbons (Fsp3) is 0.333. The van der Waals surface area contributed by atoms with Gasteiger partial charge in [0.15, 0.2) is 5.82 Å². The van der Waals surface area contributed by atoms with E-state index in [4.69, 9.17) is 9.47 Å². The van der Waals surface area contributed by atoms with Crippen molar-refractivity contribution in [2.75, 3.05) is 50.6 Å². The average molecular weight is 423 g/mol. The van der Waals surface area contributed by atoms with Gasteiger partial charge in [0, 0.05) is 62.3 Å². The van der Waals surface area contributed by atoms with Crippen molar-refractivity contribution in [3.63, 3.8) is 0 Å². The summed E-state index contributed by atoms with van der Waals surface area (Å²) in [5.74, 6) is 2.76. The Morgan fingerprint density at radius 2 is 1.65 bits per heavy atom. The minimum atomic E-state index is -0.162. The van der Waals surface area contributed by atoms with E-state index in [1.807, 2.05) is 25.3 Å². The number of piperazine rings is 1. The van der Waals surface area contributed by atoms with Gasteiger partial charge in [0.2, 0.25) is 0 Å². The molecule has 1 saturated heterocycles. The Morgan fingerprint density at radius 1 is 0.968 bits per heavy atom. The van der Waals surface area contributed by atoms with E-state index in [0.717, 1.165) is 11.5 Å². The lowest BCUT2D eigenvalue weighted by Crippen LogP contribution is -2.50. The summed E-state index contributed by atoms with van der Waals surface area (Å²) in [6.07, 6.45) is 3.41. The van der Waals surface area contributed by atoms with Gasteiger partial charge < -0.3 is 24.6 Å². The highest BCUT2D eigenvalue weighted by Gasteiger charge is 2.22. The van der Waals surface area contributed by atoms with Crippen LogP contribution in [0.15, 0.2) is 42.9 Å². The van der Waals surface area contributed by atoms with E-state index in [2.05, 4.69) is 25.3 Å². The number of urea groups is 1. The standard InChI is InChI=1S/C21H25N7O3/c1-15-4-5-28(25-15)20-13-19(22-14-23-20)26-6-8-27(9-7-26)21(29)24-16-10-17(30-2)12-18(11-16)31-3/h4-5,10-14H,6-9H2,1-3H3,(H,24,29). The van der Waals surface area contributed by atoms with Crippen LogP contribution in [0, 0.1) is 6.92 Å². The van der Waals surface area contributed by atoms with Crippen LogP contribution < -0.4 is 19.7 Å². The molecular formula is C21H25N7O3. The van der Waals surface area contributed by atoms with Gasteiger partial charge in [-0.15, -0.1) is 0 Å². The van der Waals surface area contributed by atoms with Gasteiger partial charge in [-0.1, -0.05) is 0 Å². The number of carbonyl (C=O) groups is 1. The fourth-order valence-electron chi connectivity index (χ4n) is 3.40. The molecule has 4 rings (SSSR count). The molecule has 0 radical (unpaired) electrons. The molecule has 10 nitrogen and oxygen atoms in total. The largest absolute Gasteiger partial charge is 0.497 e. The number of aryl methyl sites for hydroxylation is 1. The summed E-state index contributed by atoms with van der Waals surface area (Å²) >= 11 is 0. The van der Waals surface area contributed by atoms with Crippen LogP contribution in [0.4, 0.5) is 16.3 Å². The number of hydrogen-bond acceptors (Lipinski definition) is 7. The van der Waals surface area contributed by atoms with E-state index in [1.54, 1.807) is 42.0 Å². The third kappa shape index (κ3) is 4.68. The molecule has 1 N–H and O–H groups in total. The van der Waals surface area contributed by atoms with Gasteiger partial charge >= 0.3 is 6.03 Å². The van der Waals surface area contributed by atoms with Crippen molar-refractivity contribution in [2.45, 2.75) is 6.92 Å². The first-order chi connectivity index (χ1) is 15.1. The van der Waals surface area contributed by atoms with Crippen LogP contribution in [-0.4, -0.2) is 71.1 Å². The van der Waals surface area contributed by atoms with E-state index in [9.17, 15) is 4.79 Å². The topological polar surface area (TPSA) is 97.6 Å². The SMILES string of the molecule is COc1cc(NC(=O)N2CCN(c3cc(-n4ccc(C)n4)ncn3)CC2)cc(OC)c1. The zero-order chi connectivity index (χ0) is 21.8. The normalized spacial score (nSPS) is 13.8. The number of nitrogens with one attached hydrogen (secondary N) is 1. The third-order valence-electron chi connectivity index (χ3n) is 5.09. The second kappa shape index (κ2) is 8.90. The molecule has 3 aromatic rings. The van der Waals surface area contributed by atoms with E-state index < -0.39 is 0 Å². The number of benzene rings is 1.